The molecule has 4 nitrogen and oxygen atoms in total. The molecule has 0 bridgehead atoms. The van der Waals surface area contributed by atoms with Crippen molar-refractivity contribution in [1.29, 1.82) is 0 Å². The second-order valence-electron chi connectivity index (χ2n) is 5.76. The van der Waals surface area contributed by atoms with E-state index in [9.17, 15) is 4.79 Å². The molecule has 0 aliphatic heterocycles. The molecule has 1 heterocycles. The van der Waals surface area contributed by atoms with Gasteiger partial charge in [-0.3, -0.25) is 9.48 Å². The van der Waals surface area contributed by atoms with Gasteiger partial charge in [0.2, 0.25) is 5.91 Å². The molecule has 0 aliphatic rings. The van der Waals surface area contributed by atoms with E-state index in [1.807, 2.05) is 36.0 Å². The molecule has 22 heavy (non-hydrogen) atoms. The van der Waals surface area contributed by atoms with Crippen molar-refractivity contribution in [2.75, 3.05) is 14.1 Å². The Kier molecular flexibility index (Phi) is 5.36. The molecule has 1 atom stereocenters. The van der Waals surface area contributed by atoms with Gasteiger partial charge in [-0.1, -0.05) is 50.6 Å². The van der Waals surface area contributed by atoms with Gasteiger partial charge in [0.1, 0.15) is 6.04 Å². The van der Waals surface area contributed by atoms with Crippen LogP contribution in [0.1, 0.15) is 38.3 Å². The lowest BCUT2D eigenvalue weighted by Crippen LogP contribution is -2.31. The Morgan fingerprint density at radius 3 is 2.45 bits per heavy atom. The first-order chi connectivity index (χ1) is 10.6. The molecule has 2 rings (SSSR count). The van der Waals surface area contributed by atoms with Gasteiger partial charge in [-0.25, -0.2) is 0 Å². The molecule has 0 radical (unpaired) electrons. The van der Waals surface area contributed by atoms with Gasteiger partial charge in [-0.05, 0) is 18.4 Å². The number of hydrogen-bond donors (Lipinski definition) is 0. The van der Waals surface area contributed by atoms with E-state index in [0.29, 0.717) is 0 Å². The lowest BCUT2D eigenvalue weighted by molar-refractivity contribution is -0.132. The van der Waals surface area contributed by atoms with Gasteiger partial charge in [0, 0.05) is 25.9 Å². The smallest absolute Gasteiger partial charge is 0.246 e. The summed E-state index contributed by atoms with van der Waals surface area (Å²) >= 11 is 0. The lowest BCUT2D eigenvalue weighted by atomic mass is 10.1. The molecule has 0 fully saturated rings. The third kappa shape index (κ3) is 3.38. The molecular weight excluding hydrogens is 274 g/mol. The summed E-state index contributed by atoms with van der Waals surface area (Å²) in [7, 11) is 3.58. The summed E-state index contributed by atoms with van der Waals surface area (Å²) in [6.07, 6.45) is 4.81. The van der Waals surface area contributed by atoms with E-state index in [-0.39, 0.29) is 11.9 Å². The minimum absolute atomic E-state index is 0.0904. The Bertz CT molecular complexity index is 617. The molecule has 0 unspecified atom stereocenters. The second-order valence-corrected chi connectivity index (χ2v) is 5.76. The first-order valence-corrected chi connectivity index (χ1v) is 7.93. The monoisotopic (exact) mass is 299 g/mol. The number of rotatable bonds is 6. The van der Waals surface area contributed by atoms with Crippen LogP contribution >= 0.6 is 0 Å². The summed E-state index contributed by atoms with van der Waals surface area (Å²) < 4.78 is 1.84. The van der Waals surface area contributed by atoms with Gasteiger partial charge in [-0.15, -0.1) is 0 Å². The standard InChI is InChI=1S/C18H25N3O/c1-5-10-15-13-21(16(6-2)18(22)20(3)4)19-17(15)14-11-8-7-9-12-14/h7-9,11-13,16H,5-6,10H2,1-4H3/t16-/m0/s1. The van der Waals surface area contributed by atoms with Crippen LogP contribution in [0.2, 0.25) is 0 Å². The Balaban J connectivity index is 2.44. The Morgan fingerprint density at radius 2 is 1.91 bits per heavy atom. The van der Waals surface area contributed by atoms with E-state index < -0.39 is 0 Å². The highest BCUT2D eigenvalue weighted by atomic mass is 16.2. The highest BCUT2D eigenvalue weighted by molar-refractivity contribution is 5.80. The van der Waals surface area contributed by atoms with E-state index >= 15 is 0 Å². The summed E-state index contributed by atoms with van der Waals surface area (Å²) in [6.45, 7) is 4.18. The number of aromatic nitrogens is 2. The van der Waals surface area contributed by atoms with Crippen LogP contribution in [-0.2, 0) is 11.2 Å². The van der Waals surface area contributed by atoms with Gasteiger partial charge in [0.15, 0.2) is 0 Å². The number of nitrogens with zero attached hydrogens (tertiary/aromatic N) is 3. The maximum atomic E-state index is 12.4. The number of likely N-dealkylation sites (N-methyl/N-ethyl adjacent to an activating group) is 1. The average Bonchev–Trinajstić information content (AvgIpc) is 2.93. The largest absolute Gasteiger partial charge is 0.347 e. The molecule has 0 saturated carbocycles. The van der Waals surface area contributed by atoms with Crippen molar-refractivity contribution in [3.05, 3.63) is 42.1 Å². The van der Waals surface area contributed by atoms with Gasteiger partial charge in [0.05, 0.1) is 5.69 Å². The second kappa shape index (κ2) is 7.25. The van der Waals surface area contributed by atoms with Crippen molar-refractivity contribution in [3.63, 3.8) is 0 Å². The number of hydrogen-bond acceptors (Lipinski definition) is 2. The fraction of sp³-hybridized carbons (Fsp3) is 0.444. The van der Waals surface area contributed by atoms with Crippen LogP contribution < -0.4 is 0 Å². The van der Waals surface area contributed by atoms with Crippen LogP contribution in [0.15, 0.2) is 36.5 Å². The van der Waals surface area contributed by atoms with Crippen LogP contribution in [0.25, 0.3) is 11.3 Å². The minimum atomic E-state index is -0.233. The highest BCUT2D eigenvalue weighted by Gasteiger charge is 2.23. The molecule has 4 heteroatoms. The minimum Gasteiger partial charge on any atom is -0.347 e. The molecule has 0 N–H and O–H groups in total. The number of amides is 1. The fourth-order valence-electron chi connectivity index (χ4n) is 2.65. The zero-order chi connectivity index (χ0) is 16.1. The van der Waals surface area contributed by atoms with Crippen LogP contribution in [0, 0.1) is 0 Å². The fourth-order valence-corrected chi connectivity index (χ4v) is 2.65. The molecular formula is C18H25N3O. The maximum absolute atomic E-state index is 12.4. The van der Waals surface area contributed by atoms with Crippen molar-refractivity contribution in [3.8, 4) is 11.3 Å². The number of carbonyl (C=O) groups excluding carboxylic acids is 1. The summed E-state index contributed by atoms with van der Waals surface area (Å²) in [5.74, 6) is 0.0904. The molecule has 0 spiro atoms. The third-order valence-corrected chi connectivity index (χ3v) is 3.81. The van der Waals surface area contributed by atoms with Crippen molar-refractivity contribution >= 4 is 5.91 Å². The molecule has 0 aliphatic carbocycles. The Morgan fingerprint density at radius 1 is 1.23 bits per heavy atom. The van der Waals surface area contributed by atoms with Crippen molar-refractivity contribution in [1.82, 2.24) is 14.7 Å². The summed E-state index contributed by atoms with van der Waals surface area (Å²) in [4.78, 5) is 14.0. The van der Waals surface area contributed by atoms with E-state index in [1.165, 1.54) is 5.56 Å². The normalized spacial score (nSPS) is 12.2. The Hall–Kier alpha value is -2.10. The topological polar surface area (TPSA) is 38.1 Å². The third-order valence-electron chi connectivity index (χ3n) is 3.81. The van der Waals surface area contributed by atoms with Crippen molar-refractivity contribution in [2.24, 2.45) is 0 Å². The quantitative estimate of drug-likeness (QED) is 0.818. The first kappa shape index (κ1) is 16.3. The number of benzene rings is 1. The van der Waals surface area contributed by atoms with Crippen LogP contribution in [0.4, 0.5) is 0 Å². The van der Waals surface area contributed by atoms with E-state index in [1.54, 1.807) is 19.0 Å². The zero-order valence-electron chi connectivity index (χ0n) is 13.9. The van der Waals surface area contributed by atoms with Crippen LogP contribution in [-0.4, -0.2) is 34.7 Å². The predicted molar refractivity (Wildman–Crippen MR) is 89.7 cm³/mol. The van der Waals surface area contributed by atoms with Crippen LogP contribution in [0.5, 0.6) is 0 Å². The van der Waals surface area contributed by atoms with Gasteiger partial charge < -0.3 is 4.90 Å². The van der Waals surface area contributed by atoms with E-state index in [0.717, 1.165) is 30.5 Å². The lowest BCUT2D eigenvalue weighted by Gasteiger charge is -2.19. The molecule has 2 aromatic rings. The summed E-state index contributed by atoms with van der Waals surface area (Å²) in [5.41, 5.74) is 3.31. The Labute approximate surface area is 132 Å². The highest BCUT2D eigenvalue weighted by Crippen LogP contribution is 2.25. The van der Waals surface area contributed by atoms with Gasteiger partial charge in [-0.2, -0.15) is 5.10 Å². The van der Waals surface area contributed by atoms with Gasteiger partial charge in [0.25, 0.3) is 0 Å². The summed E-state index contributed by atoms with van der Waals surface area (Å²) in [5, 5.41) is 4.74. The molecule has 1 aromatic heterocycles. The summed E-state index contributed by atoms with van der Waals surface area (Å²) in [6, 6.07) is 9.95. The number of carbonyl (C=O) groups is 1. The SMILES string of the molecule is CCCc1cn([C@@H](CC)C(=O)N(C)C)nc1-c1ccccc1. The molecule has 1 amide bonds. The molecule has 118 valence electrons. The van der Waals surface area contributed by atoms with E-state index in [4.69, 9.17) is 5.10 Å². The zero-order valence-corrected chi connectivity index (χ0v) is 13.9. The van der Waals surface area contributed by atoms with Gasteiger partial charge >= 0.3 is 0 Å². The molecule has 1 aromatic carbocycles. The maximum Gasteiger partial charge on any atom is 0.246 e. The van der Waals surface area contributed by atoms with Crippen LogP contribution in [0.3, 0.4) is 0 Å². The number of aryl methyl sites for hydroxylation is 1. The van der Waals surface area contributed by atoms with Crippen molar-refractivity contribution in [2.45, 2.75) is 39.2 Å². The molecule has 0 saturated heterocycles. The van der Waals surface area contributed by atoms with Crippen molar-refractivity contribution < 1.29 is 4.79 Å². The average molecular weight is 299 g/mol. The first-order valence-electron chi connectivity index (χ1n) is 7.93. The van der Waals surface area contributed by atoms with E-state index in [2.05, 4.69) is 19.1 Å². The predicted octanol–water partition coefficient (Wildman–Crippen LogP) is 3.54.